The summed E-state index contributed by atoms with van der Waals surface area (Å²) in [5.41, 5.74) is 0. The van der Waals surface area contributed by atoms with Crippen molar-refractivity contribution < 1.29 is 9.78 Å². The Morgan fingerprint density at radius 3 is 2.80 bits per heavy atom. The van der Waals surface area contributed by atoms with Crippen LogP contribution in [-0.4, -0.2) is 13.2 Å². The first-order valence-electron chi connectivity index (χ1n) is 6.25. The summed E-state index contributed by atoms with van der Waals surface area (Å²) in [5.74, 6) is 1.24. The summed E-state index contributed by atoms with van der Waals surface area (Å²) in [6.07, 6.45) is 9.81. The van der Waals surface area contributed by atoms with E-state index < -0.39 is 0 Å². The van der Waals surface area contributed by atoms with E-state index in [0.29, 0.717) is 11.8 Å². The van der Waals surface area contributed by atoms with Gasteiger partial charge in [0.2, 0.25) is 0 Å². The van der Waals surface area contributed by atoms with E-state index in [1.165, 1.54) is 32.1 Å². The van der Waals surface area contributed by atoms with Crippen molar-refractivity contribution in [3.63, 3.8) is 0 Å². The standard InChI is InChI=1S/C13H24O2/c1-3-5-6-7-8-12(4-2)13-9-10-14-15-11-13/h4,12-13H,2-3,5-11H2,1H3. The van der Waals surface area contributed by atoms with E-state index in [1.807, 2.05) is 0 Å². The molecule has 0 aromatic heterocycles. The Kier molecular flexibility index (Phi) is 6.69. The van der Waals surface area contributed by atoms with Crippen LogP contribution >= 0.6 is 0 Å². The third kappa shape index (κ3) is 4.80. The van der Waals surface area contributed by atoms with Crippen molar-refractivity contribution in [3.8, 4) is 0 Å². The lowest BCUT2D eigenvalue weighted by Crippen LogP contribution is -2.25. The van der Waals surface area contributed by atoms with Gasteiger partial charge >= 0.3 is 0 Å². The van der Waals surface area contributed by atoms with Crippen molar-refractivity contribution in [3.05, 3.63) is 12.7 Å². The fraction of sp³-hybridized carbons (Fsp3) is 0.846. The van der Waals surface area contributed by atoms with E-state index in [9.17, 15) is 0 Å². The molecular formula is C13H24O2. The van der Waals surface area contributed by atoms with Crippen LogP contribution in [0.25, 0.3) is 0 Å². The van der Waals surface area contributed by atoms with Crippen LogP contribution in [-0.2, 0) is 9.78 Å². The van der Waals surface area contributed by atoms with Gasteiger partial charge in [-0.05, 0) is 24.7 Å². The molecule has 0 radical (unpaired) electrons. The average molecular weight is 212 g/mol. The Morgan fingerprint density at radius 2 is 2.20 bits per heavy atom. The number of hydrogen-bond acceptors (Lipinski definition) is 2. The molecule has 1 heterocycles. The lowest BCUT2D eigenvalue weighted by atomic mass is 9.86. The highest BCUT2D eigenvalue weighted by Crippen LogP contribution is 2.26. The van der Waals surface area contributed by atoms with E-state index >= 15 is 0 Å². The normalized spacial score (nSPS) is 23.7. The molecule has 1 saturated heterocycles. The molecular weight excluding hydrogens is 188 g/mol. The molecule has 0 spiro atoms. The first-order chi connectivity index (χ1) is 7.38. The molecule has 15 heavy (non-hydrogen) atoms. The summed E-state index contributed by atoms with van der Waals surface area (Å²) in [6, 6.07) is 0. The van der Waals surface area contributed by atoms with Crippen LogP contribution in [0.4, 0.5) is 0 Å². The van der Waals surface area contributed by atoms with E-state index in [0.717, 1.165) is 19.6 Å². The summed E-state index contributed by atoms with van der Waals surface area (Å²) >= 11 is 0. The molecule has 1 fully saturated rings. The van der Waals surface area contributed by atoms with Gasteiger partial charge in [-0.2, -0.15) is 0 Å². The molecule has 2 nitrogen and oxygen atoms in total. The van der Waals surface area contributed by atoms with E-state index in [4.69, 9.17) is 9.78 Å². The van der Waals surface area contributed by atoms with Gasteiger partial charge in [0, 0.05) is 0 Å². The Morgan fingerprint density at radius 1 is 1.33 bits per heavy atom. The highest BCUT2D eigenvalue weighted by molar-refractivity contribution is 4.85. The van der Waals surface area contributed by atoms with Crippen molar-refractivity contribution in [2.45, 2.75) is 45.4 Å². The first-order valence-corrected chi connectivity index (χ1v) is 6.25. The second kappa shape index (κ2) is 7.89. The van der Waals surface area contributed by atoms with Gasteiger partial charge in [-0.3, -0.25) is 0 Å². The zero-order valence-corrected chi connectivity index (χ0v) is 9.91. The predicted molar refractivity (Wildman–Crippen MR) is 62.5 cm³/mol. The summed E-state index contributed by atoms with van der Waals surface area (Å²) in [4.78, 5) is 9.95. The molecule has 0 aromatic rings. The first kappa shape index (κ1) is 12.7. The Balaban J connectivity index is 2.18. The molecule has 1 aliphatic heterocycles. The maximum Gasteiger partial charge on any atom is 0.0857 e. The van der Waals surface area contributed by atoms with Crippen LogP contribution in [0, 0.1) is 11.8 Å². The Labute approximate surface area is 93.6 Å². The van der Waals surface area contributed by atoms with Crippen LogP contribution in [0.2, 0.25) is 0 Å². The summed E-state index contributed by atoms with van der Waals surface area (Å²) in [7, 11) is 0. The van der Waals surface area contributed by atoms with Crippen LogP contribution in [0.3, 0.4) is 0 Å². The monoisotopic (exact) mass is 212 g/mol. The molecule has 2 heteroatoms. The van der Waals surface area contributed by atoms with E-state index in [-0.39, 0.29) is 0 Å². The quantitative estimate of drug-likeness (QED) is 0.364. The van der Waals surface area contributed by atoms with Crippen molar-refractivity contribution in [1.82, 2.24) is 0 Å². The zero-order chi connectivity index (χ0) is 10.9. The Hall–Kier alpha value is -0.340. The smallest absolute Gasteiger partial charge is 0.0857 e. The molecule has 1 aliphatic rings. The van der Waals surface area contributed by atoms with Crippen molar-refractivity contribution in [2.75, 3.05) is 13.2 Å². The van der Waals surface area contributed by atoms with Crippen LogP contribution in [0.1, 0.15) is 45.4 Å². The highest BCUT2D eigenvalue weighted by Gasteiger charge is 2.22. The third-order valence-corrected chi connectivity index (χ3v) is 3.24. The SMILES string of the molecule is C=CC(CCCCCC)C1CCOOC1. The number of rotatable bonds is 7. The molecule has 0 saturated carbocycles. The topological polar surface area (TPSA) is 18.5 Å². The lowest BCUT2D eigenvalue weighted by molar-refractivity contribution is -0.326. The highest BCUT2D eigenvalue weighted by atomic mass is 17.2. The second-order valence-electron chi connectivity index (χ2n) is 4.40. The molecule has 88 valence electrons. The van der Waals surface area contributed by atoms with Crippen molar-refractivity contribution in [1.29, 1.82) is 0 Å². The molecule has 0 N–H and O–H groups in total. The predicted octanol–water partition coefficient (Wildman–Crippen LogP) is 3.73. The number of hydrogen-bond donors (Lipinski definition) is 0. The maximum absolute atomic E-state index is 5.04. The third-order valence-electron chi connectivity index (χ3n) is 3.24. The van der Waals surface area contributed by atoms with Gasteiger partial charge in [0.1, 0.15) is 0 Å². The van der Waals surface area contributed by atoms with Gasteiger partial charge in [-0.1, -0.05) is 38.7 Å². The molecule has 0 bridgehead atoms. The zero-order valence-electron chi connectivity index (χ0n) is 9.91. The molecule has 2 atom stereocenters. The number of allylic oxidation sites excluding steroid dienone is 1. The molecule has 1 rings (SSSR count). The lowest BCUT2D eigenvalue weighted by Gasteiger charge is -2.27. The largest absolute Gasteiger partial charge is 0.237 e. The van der Waals surface area contributed by atoms with Gasteiger partial charge in [0.15, 0.2) is 0 Å². The second-order valence-corrected chi connectivity index (χ2v) is 4.40. The van der Waals surface area contributed by atoms with Crippen LogP contribution in [0.15, 0.2) is 12.7 Å². The van der Waals surface area contributed by atoms with E-state index in [1.54, 1.807) is 0 Å². The molecule has 0 aliphatic carbocycles. The molecule has 0 amide bonds. The summed E-state index contributed by atoms with van der Waals surface area (Å²) in [6.45, 7) is 7.67. The van der Waals surface area contributed by atoms with Crippen molar-refractivity contribution >= 4 is 0 Å². The van der Waals surface area contributed by atoms with Crippen LogP contribution in [0.5, 0.6) is 0 Å². The van der Waals surface area contributed by atoms with Gasteiger partial charge in [0.05, 0.1) is 13.2 Å². The van der Waals surface area contributed by atoms with Gasteiger partial charge < -0.3 is 0 Å². The van der Waals surface area contributed by atoms with Gasteiger partial charge in [0.25, 0.3) is 0 Å². The fourth-order valence-electron chi connectivity index (χ4n) is 2.17. The van der Waals surface area contributed by atoms with Crippen LogP contribution < -0.4 is 0 Å². The summed E-state index contributed by atoms with van der Waals surface area (Å²) < 4.78 is 0. The minimum absolute atomic E-state index is 0.616. The van der Waals surface area contributed by atoms with Gasteiger partial charge in [-0.25, -0.2) is 9.78 Å². The molecule has 0 aromatic carbocycles. The van der Waals surface area contributed by atoms with Gasteiger partial charge in [-0.15, -0.1) is 6.58 Å². The summed E-state index contributed by atoms with van der Waals surface area (Å²) in [5, 5.41) is 0. The minimum Gasteiger partial charge on any atom is -0.237 e. The van der Waals surface area contributed by atoms with Crippen molar-refractivity contribution in [2.24, 2.45) is 11.8 Å². The Bertz CT molecular complexity index is 162. The molecule has 2 unspecified atom stereocenters. The van der Waals surface area contributed by atoms with E-state index in [2.05, 4.69) is 19.6 Å². The average Bonchev–Trinajstić information content (AvgIpc) is 2.30. The maximum atomic E-state index is 5.04. The number of unbranched alkanes of at least 4 members (excludes halogenated alkanes) is 3. The fourth-order valence-corrected chi connectivity index (χ4v) is 2.17. The minimum atomic E-state index is 0.616.